The molecule has 2 aliphatic heterocycles. The molecule has 55 heavy (non-hydrogen) atoms. The number of aromatic nitrogens is 2. The minimum atomic E-state index is -0.671. The van der Waals surface area contributed by atoms with E-state index in [4.69, 9.17) is 14.7 Å². The average Bonchev–Trinajstić information content (AvgIpc) is 4.07. The first kappa shape index (κ1) is 36.5. The van der Waals surface area contributed by atoms with Crippen LogP contribution in [0.5, 0.6) is 0 Å². The van der Waals surface area contributed by atoms with E-state index >= 15 is 0 Å². The molecule has 6 atom stereocenters. The number of methoxy groups -OCH3 is 1. The first-order chi connectivity index (χ1) is 26.8. The van der Waals surface area contributed by atoms with Crippen molar-refractivity contribution in [2.24, 2.45) is 34.6 Å². The lowest BCUT2D eigenvalue weighted by molar-refractivity contribution is -0.135. The van der Waals surface area contributed by atoms with Gasteiger partial charge in [0.25, 0.3) is 0 Å². The van der Waals surface area contributed by atoms with Crippen molar-refractivity contribution >= 4 is 29.2 Å². The summed E-state index contributed by atoms with van der Waals surface area (Å²) < 4.78 is 4.77. The lowest BCUT2D eigenvalue weighted by Gasteiger charge is -2.30. The molecule has 10 nitrogen and oxygen atoms in total. The number of amides is 3. The smallest absolute Gasteiger partial charge is 0.407 e. The van der Waals surface area contributed by atoms with Crippen LogP contribution in [-0.2, 0) is 20.9 Å². The predicted octanol–water partition coefficient (Wildman–Crippen LogP) is 7.95. The molecule has 3 heterocycles. The second-order valence-corrected chi connectivity index (χ2v) is 15.9. The summed E-state index contributed by atoms with van der Waals surface area (Å²) in [4.78, 5) is 54.0. The van der Waals surface area contributed by atoms with Gasteiger partial charge in [0.1, 0.15) is 11.9 Å². The number of carbonyl (C=O) groups excluding carboxylic acids is 3. The Kier molecular flexibility index (Phi) is 10.4. The molecular weight excluding hydrogens is 689 g/mol. The van der Waals surface area contributed by atoms with Crippen molar-refractivity contribution in [1.29, 1.82) is 0 Å². The number of aliphatic imine (C=N–C) groups is 1. The Balaban J connectivity index is 0.889. The highest BCUT2D eigenvalue weighted by Crippen LogP contribution is 2.54. The van der Waals surface area contributed by atoms with E-state index in [-0.39, 0.29) is 35.6 Å². The van der Waals surface area contributed by atoms with Gasteiger partial charge in [0.15, 0.2) is 0 Å². The molecule has 4 aliphatic rings. The molecule has 3 unspecified atom stereocenters. The third-order valence-corrected chi connectivity index (χ3v) is 12.3. The summed E-state index contributed by atoms with van der Waals surface area (Å²) in [5, 5.41) is 5.95. The third kappa shape index (κ3) is 7.46. The number of benzene rings is 3. The Bertz CT molecular complexity index is 2090. The zero-order valence-corrected chi connectivity index (χ0v) is 31.8. The van der Waals surface area contributed by atoms with E-state index < -0.39 is 12.1 Å². The maximum absolute atomic E-state index is 13.5. The molecule has 8 rings (SSSR count). The summed E-state index contributed by atoms with van der Waals surface area (Å²) >= 11 is 0. The molecule has 10 heteroatoms. The number of H-pyrrole nitrogens is 1. The molecule has 2 saturated carbocycles. The van der Waals surface area contributed by atoms with E-state index in [1.807, 2.05) is 49.3 Å². The molecule has 3 aromatic carbocycles. The van der Waals surface area contributed by atoms with Gasteiger partial charge in [-0.05, 0) is 83.2 Å². The van der Waals surface area contributed by atoms with Crippen LogP contribution in [0.4, 0.5) is 4.79 Å². The molecule has 2 aliphatic carbocycles. The first-order valence-electron chi connectivity index (χ1n) is 19.8. The van der Waals surface area contributed by atoms with Crippen molar-refractivity contribution < 1.29 is 19.1 Å². The number of nitrogens with zero attached hydrogens (tertiary/aromatic N) is 3. The van der Waals surface area contributed by atoms with E-state index in [2.05, 4.69) is 76.3 Å². The van der Waals surface area contributed by atoms with Crippen LogP contribution in [0.1, 0.15) is 75.4 Å². The number of carbonyl (C=O) groups is 3. The number of aromatic amines is 1. The number of ether oxygens (including phenoxy) is 1. The zero-order valence-electron chi connectivity index (χ0n) is 31.8. The Morgan fingerprint density at radius 1 is 0.891 bits per heavy atom. The lowest BCUT2D eigenvalue weighted by Crippen LogP contribution is -2.51. The number of allylic oxidation sites excluding steroid dienone is 1. The van der Waals surface area contributed by atoms with Gasteiger partial charge in [-0.2, -0.15) is 0 Å². The maximum atomic E-state index is 13.5. The largest absolute Gasteiger partial charge is 0.453 e. The summed E-state index contributed by atoms with van der Waals surface area (Å²) in [6, 6.07) is 26.4. The average molecular weight is 739 g/mol. The van der Waals surface area contributed by atoms with Crippen LogP contribution >= 0.6 is 0 Å². The maximum Gasteiger partial charge on any atom is 0.407 e. The number of nitrogens with one attached hydrogen (secondary N) is 3. The summed E-state index contributed by atoms with van der Waals surface area (Å²) in [6.45, 7) is 5.00. The minimum Gasteiger partial charge on any atom is -0.453 e. The van der Waals surface area contributed by atoms with Crippen molar-refractivity contribution in [2.75, 3.05) is 13.7 Å². The van der Waals surface area contributed by atoms with Gasteiger partial charge in [0.05, 0.1) is 25.0 Å². The Labute approximate surface area is 322 Å². The number of alkyl carbamates (subject to hydrolysis) is 1. The van der Waals surface area contributed by atoms with Crippen LogP contribution < -0.4 is 10.6 Å². The number of imidazole rings is 1. The molecule has 1 aromatic heterocycles. The fourth-order valence-electron chi connectivity index (χ4n) is 9.44. The number of likely N-dealkylation sites (tertiary alicyclic amines) is 1. The normalized spacial score (nSPS) is 23.4. The SMILES string of the molecule is COC(=O)N[C@H](C(=O)N1CCCC1c1ncc(-c2ccc(-c3ccc(C4=CN=C([C@@H]5C6CCC(C6)[C@H]5C(=O)NCc5ccccc5)C4)cc3)cc2)[nH]1)C(C)C. The molecule has 2 bridgehead atoms. The molecule has 0 spiro atoms. The highest BCUT2D eigenvalue weighted by atomic mass is 16.5. The van der Waals surface area contributed by atoms with Gasteiger partial charge < -0.3 is 25.3 Å². The van der Waals surface area contributed by atoms with Gasteiger partial charge in [0.2, 0.25) is 11.8 Å². The van der Waals surface area contributed by atoms with Gasteiger partial charge in [-0.25, -0.2) is 9.78 Å². The summed E-state index contributed by atoms with van der Waals surface area (Å²) in [7, 11) is 1.30. The van der Waals surface area contributed by atoms with Crippen molar-refractivity contribution in [2.45, 2.75) is 71.0 Å². The third-order valence-electron chi connectivity index (χ3n) is 12.3. The molecule has 284 valence electrons. The predicted molar refractivity (Wildman–Crippen MR) is 213 cm³/mol. The fourth-order valence-corrected chi connectivity index (χ4v) is 9.44. The number of hydrogen-bond donors (Lipinski definition) is 3. The van der Waals surface area contributed by atoms with E-state index in [0.29, 0.717) is 24.9 Å². The topological polar surface area (TPSA) is 129 Å². The molecule has 3 fully saturated rings. The first-order valence-corrected chi connectivity index (χ1v) is 19.8. The molecule has 3 N–H and O–H groups in total. The Morgan fingerprint density at radius 2 is 1.58 bits per heavy atom. The Hall–Kier alpha value is -5.51. The van der Waals surface area contributed by atoms with Gasteiger partial charge in [-0.3, -0.25) is 14.6 Å². The highest BCUT2D eigenvalue weighted by molar-refractivity contribution is 6.02. The molecule has 0 radical (unpaired) electrons. The van der Waals surface area contributed by atoms with E-state index in [1.54, 1.807) is 0 Å². The van der Waals surface area contributed by atoms with Crippen molar-refractivity contribution in [1.82, 2.24) is 25.5 Å². The van der Waals surface area contributed by atoms with Crippen molar-refractivity contribution in [3.8, 4) is 22.4 Å². The van der Waals surface area contributed by atoms with Gasteiger partial charge in [-0.1, -0.05) is 92.7 Å². The standard InChI is InChI=1S/C45H50N6O4/c1-27(2)41(50-45(54)55-3)44(53)51-21-7-10-38(51)42-47-26-37(49-42)32-17-15-30(16-18-32)29-11-13-31(14-12-29)35-23-36(46-25-35)39-33-19-20-34(22-33)40(39)43(52)48-24-28-8-5-4-6-9-28/h4-6,8-9,11-18,25-27,33-34,38-41H,7,10,19-24H2,1-3H3,(H,47,49)(H,48,52)(H,50,54)/t33?,34?,38?,39-,40+,41-/m0/s1. The quantitative estimate of drug-likeness (QED) is 0.144. The molecule has 4 aromatic rings. The van der Waals surface area contributed by atoms with Crippen LogP contribution in [0.15, 0.2) is 96.3 Å². The van der Waals surface area contributed by atoms with E-state index in [1.165, 1.54) is 24.8 Å². The second-order valence-electron chi connectivity index (χ2n) is 15.9. The van der Waals surface area contributed by atoms with Crippen LogP contribution in [0.3, 0.4) is 0 Å². The van der Waals surface area contributed by atoms with E-state index in [9.17, 15) is 14.4 Å². The molecule has 1 saturated heterocycles. The number of hydrogen-bond acceptors (Lipinski definition) is 6. The monoisotopic (exact) mass is 738 g/mol. The van der Waals surface area contributed by atoms with Crippen LogP contribution in [0.2, 0.25) is 0 Å². The van der Waals surface area contributed by atoms with Gasteiger partial charge in [0, 0.05) is 43.3 Å². The summed E-state index contributed by atoms with van der Waals surface area (Å²) in [5.41, 5.74) is 8.81. The van der Waals surface area contributed by atoms with Crippen molar-refractivity contribution in [3.63, 3.8) is 0 Å². The van der Waals surface area contributed by atoms with Crippen LogP contribution in [-0.4, -0.2) is 58.2 Å². The second kappa shape index (κ2) is 15.7. The number of fused-ring (bicyclic) bond motifs is 2. The summed E-state index contributed by atoms with van der Waals surface area (Å²) in [5.74, 6) is 1.94. The fraction of sp³-hybridized carbons (Fsp3) is 0.400. The van der Waals surface area contributed by atoms with Crippen LogP contribution in [0, 0.1) is 29.6 Å². The minimum absolute atomic E-state index is 0.00795. The number of rotatable bonds is 11. The lowest BCUT2D eigenvalue weighted by atomic mass is 9.75. The molecule has 3 amide bonds. The highest BCUT2D eigenvalue weighted by Gasteiger charge is 2.52. The zero-order chi connectivity index (χ0) is 38.1. The summed E-state index contributed by atoms with van der Waals surface area (Å²) in [6.07, 6.45) is 9.17. The van der Waals surface area contributed by atoms with E-state index in [0.717, 1.165) is 71.4 Å². The van der Waals surface area contributed by atoms with Gasteiger partial charge in [-0.15, -0.1) is 0 Å². The van der Waals surface area contributed by atoms with Gasteiger partial charge >= 0.3 is 6.09 Å². The van der Waals surface area contributed by atoms with Crippen LogP contribution in [0.25, 0.3) is 28.0 Å². The van der Waals surface area contributed by atoms with Crippen molar-refractivity contribution in [3.05, 3.63) is 108 Å². The Morgan fingerprint density at radius 3 is 2.29 bits per heavy atom. The molecular formula is C45H50N6O4.